The lowest BCUT2D eigenvalue weighted by molar-refractivity contribution is -0.133. The largest absolute Gasteiger partial charge is 0.494 e. The van der Waals surface area contributed by atoms with Gasteiger partial charge in [-0.05, 0) is 74.9 Å². The highest BCUT2D eigenvalue weighted by Gasteiger charge is 2.27. The molecule has 0 fully saturated rings. The number of hydrogen-bond acceptors (Lipinski definition) is 5. The molecule has 1 unspecified atom stereocenters. The van der Waals surface area contributed by atoms with Gasteiger partial charge in [-0.1, -0.05) is 24.3 Å². The third-order valence-corrected chi connectivity index (χ3v) is 6.29. The van der Waals surface area contributed by atoms with E-state index in [1.54, 1.807) is 64.1 Å². The van der Waals surface area contributed by atoms with Crippen LogP contribution in [0.5, 0.6) is 5.75 Å². The standard InChI is InChI=1S/C30H32FN3O4/c1-4-37-18-17-33(28(35)20-22-9-8-10-23(31)19-22)21(3)29-32-27-12-7-6-11-26(27)30(36)34(29)24-13-15-25(16-14-24)38-5-2/h6-16,19,21H,4-5,17-18,20H2,1-3H3. The first-order valence-corrected chi connectivity index (χ1v) is 12.8. The molecule has 198 valence electrons. The first-order chi connectivity index (χ1) is 18.4. The summed E-state index contributed by atoms with van der Waals surface area (Å²) in [5.41, 5.74) is 1.49. The summed E-state index contributed by atoms with van der Waals surface area (Å²) in [5.74, 6) is 0.492. The van der Waals surface area contributed by atoms with Gasteiger partial charge in [0.15, 0.2) is 0 Å². The van der Waals surface area contributed by atoms with E-state index in [2.05, 4.69) is 0 Å². The van der Waals surface area contributed by atoms with Crippen LogP contribution in [-0.2, 0) is 16.0 Å². The highest BCUT2D eigenvalue weighted by molar-refractivity contribution is 5.80. The lowest BCUT2D eigenvalue weighted by Crippen LogP contribution is -2.40. The van der Waals surface area contributed by atoms with E-state index in [-0.39, 0.29) is 24.4 Å². The Morgan fingerprint density at radius 1 is 1.03 bits per heavy atom. The van der Waals surface area contributed by atoms with Crippen molar-refractivity contribution in [3.05, 3.63) is 100 Å². The second kappa shape index (κ2) is 12.5. The molecule has 3 aromatic carbocycles. The molecule has 1 aromatic heterocycles. The number of carbonyl (C=O) groups is 1. The molecule has 4 rings (SSSR count). The van der Waals surface area contributed by atoms with E-state index in [0.717, 1.165) is 0 Å². The maximum Gasteiger partial charge on any atom is 0.266 e. The molecular formula is C30H32FN3O4. The van der Waals surface area contributed by atoms with Crippen LogP contribution in [0.15, 0.2) is 77.6 Å². The van der Waals surface area contributed by atoms with Crippen LogP contribution in [-0.4, -0.2) is 46.7 Å². The minimum absolute atomic E-state index is 0.00902. The molecule has 7 nitrogen and oxygen atoms in total. The van der Waals surface area contributed by atoms with Crippen LogP contribution in [0.1, 0.15) is 38.2 Å². The van der Waals surface area contributed by atoms with Crippen LogP contribution in [0, 0.1) is 5.82 Å². The Balaban J connectivity index is 1.80. The second-order valence-corrected chi connectivity index (χ2v) is 8.82. The molecule has 0 spiro atoms. The number of carbonyl (C=O) groups excluding carboxylic acids is 1. The van der Waals surface area contributed by atoms with Crippen LogP contribution >= 0.6 is 0 Å². The van der Waals surface area contributed by atoms with Gasteiger partial charge in [0, 0.05) is 13.2 Å². The molecule has 1 amide bonds. The monoisotopic (exact) mass is 517 g/mol. The molecule has 1 heterocycles. The van der Waals surface area contributed by atoms with Gasteiger partial charge in [0.05, 0.1) is 42.3 Å². The minimum Gasteiger partial charge on any atom is -0.494 e. The van der Waals surface area contributed by atoms with Gasteiger partial charge in [0.2, 0.25) is 5.91 Å². The lowest BCUT2D eigenvalue weighted by Gasteiger charge is -2.30. The summed E-state index contributed by atoms with van der Waals surface area (Å²) in [6.07, 6.45) is 0.00902. The Labute approximate surface area is 221 Å². The van der Waals surface area contributed by atoms with E-state index in [9.17, 15) is 14.0 Å². The zero-order valence-electron chi connectivity index (χ0n) is 21.9. The minimum atomic E-state index is -0.583. The number of rotatable bonds is 11. The number of amides is 1. The molecule has 0 N–H and O–H groups in total. The number of hydrogen-bond donors (Lipinski definition) is 0. The average molecular weight is 518 g/mol. The summed E-state index contributed by atoms with van der Waals surface area (Å²) in [7, 11) is 0. The zero-order chi connectivity index (χ0) is 27.1. The predicted octanol–water partition coefficient (Wildman–Crippen LogP) is 5.09. The fraction of sp³-hybridized carbons (Fsp3) is 0.300. The number of fused-ring (bicyclic) bond motifs is 1. The molecule has 1 atom stereocenters. The van der Waals surface area contributed by atoms with Gasteiger partial charge in [-0.2, -0.15) is 0 Å². The number of benzene rings is 3. The first-order valence-electron chi connectivity index (χ1n) is 12.8. The van der Waals surface area contributed by atoms with Crippen molar-refractivity contribution in [2.24, 2.45) is 0 Å². The van der Waals surface area contributed by atoms with Gasteiger partial charge in [-0.25, -0.2) is 9.37 Å². The van der Waals surface area contributed by atoms with E-state index < -0.39 is 11.9 Å². The normalized spacial score (nSPS) is 11.9. The van der Waals surface area contributed by atoms with Crippen molar-refractivity contribution in [3.63, 3.8) is 0 Å². The molecule has 4 aromatic rings. The summed E-state index contributed by atoms with van der Waals surface area (Å²) < 4.78 is 26.5. The van der Waals surface area contributed by atoms with Crippen LogP contribution < -0.4 is 10.3 Å². The number of halogens is 1. The molecule has 38 heavy (non-hydrogen) atoms. The summed E-state index contributed by atoms with van der Waals surface area (Å²) in [5, 5.41) is 0.476. The van der Waals surface area contributed by atoms with Crippen molar-refractivity contribution in [2.45, 2.75) is 33.2 Å². The molecule has 0 radical (unpaired) electrons. The van der Waals surface area contributed by atoms with E-state index in [1.165, 1.54) is 12.1 Å². The number of nitrogens with zero attached hydrogens (tertiary/aromatic N) is 3. The van der Waals surface area contributed by atoms with Crippen molar-refractivity contribution >= 4 is 16.8 Å². The Bertz CT molecular complexity index is 1450. The predicted molar refractivity (Wildman–Crippen MR) is 145 cm³/mol. The number of aromatic nitrogens is 2. The van der Waals surface area contributed by atoms with Crippen LogP contribution in [0.4, 0.5) is 4.39 Å². The van der Waals surface area contributed by atoms with Gasteiger partial charge < -0.3 is 14.4 Å². The zero-order valence-corrected chi connectivity index (χ0v) is 21.9. The van der Waals surface area contributed by atoms with Gasteiger partial charge in [-0.3, -0.25) is 14.2 Å². The smallest absolute Gasteiger partial charge is 0.266 e. The summed E-state index contributed by atoms with van der Waals surface area (Å²) in [6.45, 7) is 7.27. The van der Waals surface area contributed by atoms with Crippen LogP contribution in [0.25, 0.3) is 16.6 Å². The molecule has 0 aliphatic heterocycles. The van der Waals surface area contributed by atoms with Crippen molar-refractivity contribution in [1.29, 1.82) is 0 Å². The average Bonchev–Trinajstić information content (AvgIpc) is 2.91. The number of para-hydroxylation sites is 1. The van der Waals surface area contributed by atoms with Crippen molar-refractivity contribution in [1.82, 2.24) is 14.5 Å². The van der Waals surface area contributed by atoms with Gasteiger partial charge >= 0.3 is 0 Å². The lowest BCUT2D eigenvalue weighted by atomic mass is 10.1. The van der Waals surface area contributed by atoms with Crippen molar-refractivity contribution in [2.75, 3.05) is 26.4 Å². The summed E-state index contributed by atoms with van der Waals surface area (Å²) >= 11 is 0. The number of ether oxygens (including phenoxy) is 2. The first kappa shape index (κ1) is 27.0. The molecule has 0 aliphatic rings. The van der Waals surface area contributed by atoms with Crippen molar-refractivity contribution < 1.29 is 18.7 Å². The Morgan fingerprint density at radius 2 is 1.79 bits per heavy atom. The summed E-state index contributed by atoms with van der Waals surface area (Å²) in [6, 6.07) is 19.8. The second-order valence-electron chi connectivity index (χ2n) is 8.82. The summed E-state index contributed by atoms with van der Waals surface area (Å²) in [4.78, 5) is 33.8. The fourth-order valence-corrected chi connectivity index (χ4v) is 4.44. The van der Waals surface area contributed by atoms with Gasteiger partial charge in [-0.15, -0.1) is 0 Å². The Kier molecular flexibility index (Phi) is 8.86. The van der Waals surface area contributed by atoms with E-state index in [0.29, 0.717) is 53.5 Å². The van der Waals surface area contributed by atoms with Gasteiger partial charge in [0.1, 0.15) is 17.4 Å². The molecule has 8 heteroatoms. The molecule has 0 saturated heterocycles. The van der Waals surface area contributed by atoms with E-state index in [1.807, 2.05) is 26.8 Å². The maximum atomic E-state index is 13.8. The highest BCUT2D eigenvalue weighted by Crippen LogP contribution is 2.25. The molecule has 0 saturated carbocycles. The van der Waals surface area contributed by atoms with Gasteiger partial charge in [0.25, 0.3) is 5.56 Å². The highest BCUT2D eigenvalue weighted by atomic mass is 19.1. The molecule has 0 aliphatic carbocycles. The van der Waals surface area contributed by atoms with Crippen LogP contribution in [0.2, 0.25) is 0 Å². The molecule has 0 bridgehead atoms. The Hall–Kier alpha value is -4.04. The van der Waals surface area contributed by atoms with E-state index >= 15 is 0 Å². The van der Waals surface area contributed by atoms with Crippen LogP contribution in [0.3, 0.4) is 0 Å². The topological polar surface area (TPSA) is 73.7 Å². The SMILES string of the molecule is CCOCCN(C(=O)Cc1cccc(F)c1)C(C)c1nc2ccccc2c(=O)n1-c1ccc(OCC)cc1. The van der Waals surface area contributed by atoms with E-state index in [4.69, 9.17) is 14.5 Å². The third kappa shape index (κ3) is 6.08. The fourth-order valence-electron chi connectivity index (χ4n) is 4.44. The van der Waals surface area contributed by atoms with Crippen molar-refractivity contribution in [3.8, 4) is 11.4 Å². The third-order valence-electron chi connectivity index (χ3n) is 6.29. The molecular weight excluding hydrogens is 485 g/mol. The quantitative estimate of drug-likeness (QED) is 0.259. The maximum absolute atomic E-state index is 13.8. The Morgan fingerprint density at radius 3 is 2.50 bits per heavy atom.